The third-order valence-electron chi connectivity index (χ3n) is 4.43. The van der Waals surface area contributed by atoms with Crippen LogP contribution < -0.4 is 5.32 Å². The standard InChI is InChI=1S/C17H23ClN4O2/c18-13-3-4-14-15(8-13)21-16(20-14)9-17(24)19-5-7-22-6-1-2-12(10-22)11-23/h3-4,8,12,23H,1-2,5-7,9-11H2,(H,19,24)(H,20,21). The number of nitrogens with zero attached hydrogens (tertiary/aromatic N) is 2. The van der Waals surface area contributed by atoms with Crippen LogP contribution in [0.4, 0.5) is 0 Å². The van der Waals surface area contributed by atoms with E-state index in [1.807, 2.05) is 6.07 Å². The molecule has 1 aromatic heterocycles. The number of likely N-dealkylation sites (tertiary alicyclic amines) is 1. The van der Waals surface area contributed by atoms with Crippen molar-refractivity contribution in [2.45, 2.75) is 19.3 Å². The van der Waals surface area contributed by atoms with Gasteiger partial charge in [-0.1, -0.05) is 11.6 Å². The fraction of sp³-hybridized carbons (Fsp3) is 0.529. The van der Waals surface area contributed by atoms with E-state index in [9.17, 15) is 9.90 Å². The predicted octanol–water partition coefficient (Wildman–Crippen LogP) is 1.58. The predicted molar refractivity (Wildman–Crippen MR) is 94.1 cm³/mol. The van der Waals surface area contributed by atoms with Crippen LogP contribution in [0.15, 0.2) is 18.2 Å². The Kier molecular flexibility index (Phi) is 5.71. The van der Waals surface area contributed by atoms with Gasteiger partial charge in [-0.15, -0.1) is 0 Å². The number of amides is 1. The maximum absolute atomic E-state index is 12.1. The SMILES string of the molecule is O=C(Cc1nc2ccc(Cl)cc2[nH]1)NCCN1CCCC(CO)C1. The lowest BCUT2D eigenvalue weighted by Gasteiger charge is -2.31. The van der Waals surface area contributed by atoms with Crippen LogP contribution in [0.25, 0.3) is 11.0 Å². The third-order valence-corrected chi connectivity index (χ3v) is 4.67. The van der Waals surface area contributed by atoms with Crippen molar-refractivity contribution in [2.75, 3.05) is 32.8 Å². The van der Waals surface area contributed by atoms with Crippen LogP contribution >= 0.6 is 11.6 Å². The minimum absolute atomic E-state index is 0.0455. The van der Waals surface area contributed by atoms with Crippen molar-refractivity contribution in [2.24, 2.45) is 5.92 Å². The van der Waals surface area contributed by atoms with Gasteiger partial charge in [0.15, 0.2) is 0 Å². The second kappa shape index (κ2) is 7.96. The molecule has 1 aliphatic rings. The van der Waals surface area contributed by atoms with Crippen LogP contribution in [0, 0.1) is 5.92 Å². The van der Waals surface area contributed by atoms with Gasteiger partial charge in [0, 0.05) is 31.3 Å². The number of H-pyrrole nitrogens is 1. The molecule has 0 radical (unpaired) electrons. The van der Waals surface area contributed by atoms with Crippen molar-refractivity contribution in [3.63, 3.8) is 0 Å². The summed E-state index contributed by atoms with van der Waals surface area (Å²) in [4.78, 5) is 21.9. The average Bonchev–Trinajstić information content (AvgIpc) is 2.96. The number of nitrogens with one attached hydrogen (secondary N) is 2. The van der Waals surface area contributed by atoms with Gasteiger partial charge in [-0.3, -0.25) is 4.79 Å². The van der Waals surface area contributed by atoms with Crippen LogP contribution in [0.2, 0.25) is 5.02 Å². The maximum Gasteiger partial charge on any atom is 0.227 e. The number of halogens is 1. The highest BCUT2D eigenvalue weighted by molar-refractivity contribution is 6.31. The molecule has 2 aromatic rings. The molecule has 3 N–H and O–H groups in total. The fourth-order valence-corrected chi connectivity index (χ4v) is 3.36. The molecular formula is C17H23ClN4O2. The first-order chi connectivity index (χ1) is 11.6. The molecule has 1 unspecified atom stereocenters. The fourth-order valence-electron chi connectivity index (χ4n) is 3.19. The molecule has 6 nitrogen and oxygen atoms in total. The molecule has 1 fully saturated rings. The number of hydrogen-bond donors (Lipinski definition) is 3. The first-order valence-corrected chi connectivity index (χ1v) is 8.76. The molecule has 0 spiro atoms. The molecule has 24 heavy (non-hydrogen) atoms. The van der Waals surface area contributed by atoms with Crippen molar-refractivity contribution in [1.29, 1.82) is 0 Å². The summed E-state index contributed by atoms with van der Waals surface area (Å²) in [6.45, 7) is 3.63. The minimum Gasteiger partial charge on any atom is -0.396 e. The number of rotatable bonds is 6. The van der Waals surface area contributed by atoms with Crippen molar-refractivity contribution >= 4 is 28.5 Å². The van der Waals surface area contributed by atoms with Gasteiger partial charge in [0.2, 0.25) is 5.91 Å². The maximum atomic E-state index is 12.1. The summed E-state index contributed by atoms with van der Waals surface area (Å²) in [5.41, 5.74) is 1.65. The highest BCUT2D eigenvalue weighted by Crippen LogP contribution is 2.17. The van der Waals surface area contributed by atoms with Gasteiger partial charge in [0.05, 0.1) is 17.5 Å². The van der Waals surface area contributed by atoms with E-state index in [0.717, 1.165) is 43.5 Å². The Balaban J connectivity index is 1.45. The van der Waals surface area contributed by atoms with Gasteiger partial charge < -0.3 is 20.3 Å². The number of aromatic nitrogens is 2. The topological polar surface area (TPSA) is 81.2 Å². The van der Waals surface area contributed by atoms with Crippen LogP contribution in [0.1, 0.15) is 18.7 Å². The van der Waals surface area contributed by atoms with Gasteiger partial charge in [-0.25, -0.2) is 4.98 Å². The van der Waals surface area contributed by atoms with E-state index < -0.39 is 0 Å². The van der Waals surface area contributed by atoms with Gasteiger partial charge in [-0.05, 0) is 43.5 Å². The smallest absolute Gasteiger partial charge is 0.227 e. The molecule has 7 heteroatoms. The number of benzene rings is 1. The lowest BCUT2D eigenvalue weighted by atomic mass is 9.99. The molecule has 130 valence electrons. The molecule has 1 amide bonds. The molecule has 0 bridgehead atoms. The molecule has 1 aliphatic heterocycles. The molecule has 1 atom stereocenters. The molecule has 1 saturated heterocycles. The quantitative estimate of drug-likeness (QED) is 0.739. The zero-order valence-corrected chi connectivity index (χ0v) is 14.4. The van der Waals surface area contributed by atoms with Crippen LogP contribution in [-0.2, 0) is 11.2 Å². The number of piperidine rings is 1. The lowest BCUT2D eigenvalue weighted by molar-refractivity contribution is -0.120. The highest BCUT2D eigenvalue weighted by atomic mass is 35.5. The highest BCUT2D eigenvalue weighted by Gasteiger charge is 2.18. The van der Waals surface area contributed by atoms with Crippen molar-refractivity contribution < 1.29 is 9.90 Å². The second-order valence-corrected chi connectivity index (χ2v) is 6.80. The number of hydrogen-bond acceptors (Lipinski definition) is 4. The number of imidazole rings is 1. The summed E-state index contributed by atoms with van der Waals surface area (Å²) in [6, 6.07) is 5.43. The van der Waals surface area contributed by atoms with Crippen LogP contribution in [-0.4, -0.2) is 58.7 Å². The Morgan fingerprint density at radius 1 is 1.50 bits per heavy atom. The number of aromatic amines is 1. The summed E-state index contributed by atoms with van der Waals surface area (Å²) >= 11 is 5.95. The van der Waals surface area contributed by atoms with E-state index in [2.05, 4.69) is 20.2 Å². The Bertz CT molecular complexity index is 703. The summed E-state index contributed by atoms with van der Waals surface area (Å²) in [6.07, 6.45) is 2.43. The van der Waals surface area contributed by atoms with Crippen LogP contribution in [0.5, 0.6) is 0 Å². The van der Waals surface area contributed by atoms with E-state index in [1.54, 1.807) is 12.1 Å². The van der Waals surface area contributed by atoms with E-state index in [1.165, 1.54) is 0 Å². The van der Waals surface area contributed by atoms with E-state index >= 15 is 0 Å². The average molecular weight is 351 g/mol. The third kappa shape index (κ3) is 4.47. The number of fused-ring (bicyclic) bond motifs is 1. The molecule has 0 aliphatic carbocycles. The Morgan fingerprint density at radius 2 is 2.38 bits per heavy atom. The summed E-state index contributed by atoms with van der Waals surface area (Å²) in [7, 11) is 0. The van der Waals surface area contributed by atoms with Crippen LogP contribution in [0.3, 0.4) is 0 Å². The Morgan fingerprint density at radius 3 is 3.21 bits per heavy atom. The first kappa shape index (κ1) is 17.2. The van der Waals surface area contributed by atoms with Gasteiger partial charge in [0.25, 0.3) is 0 Å². The lowest BCUT2D eigenvalue weighted by Crippen LogP contribution is -2.41. The first-order valence-electron chi connectivity index (χ1n) is 8.38. The van der Waals surface area contributed by atoms with Crippen molar-refractivity contribution in [3.05, 3.63) is 29.0 Å². The molecule has 2 heterocycles. The van der Waals surface area contributed by atoms with E-state index in [0.29, 0.717) is 23.3 Å². The number of aliphatic hydroxyl groups excluding tert-OH is 1. The largest absolute Gasteiger partial charge is 0.396 e. The Labute approximate surface area is 146 Å². The minimum atomic E-state index is -0.0455. The zero-order valence-electron chi connectivity index (χ0n) is 13.6. The van der Waals surface area contributed by atoms with Gasteiger partial charge >= 0.3 is 0 Å². The molecule has 0 saturated carbocycles. The van der Waals surface area contributed by atoms with Crippen molar-refractivity contribution in [1.82, 2.24) is 20.2 Å². The Hall–Kier alpha value is -1.63. The number of carbonyl (C=O) groups is 1. The zero-order chi connectivity index (χ0) is 16.9. The number of carbonyl (C=O) groups excluding carboxylic acids is 1. The normalized spacial score (nSPS) is 18.8. The summed E-state index contributed by atoms with van der Waals surface area (Å²) in [5, 5.41) is 12.8. The van der Waals surface area contributed by atoms with Crippen molar-refractivity contribution in [3.8, 4) is 0 Å². The van der Waals surface area contributed by atoms with E-state index in [-0.39, 0.29) is 18.9 Å². The van der Waals surface area contributed by atoms with Gasteiger partial charge in [0.1, 0.15) is 5.82 Å². The number of aliphatic hydroxyl groups is 1. The summed E-state index contributed by atoms with van der Waals surface area (Å²) in [5.74, 6) is 0.968. The van der Waals surface area contributed by atoms with E-state index in [4.69, 9.17) is 11.6 Å². The second-order valence-electron chi connectivity index (χ2n) is 6.36. The van der Waals surface area contributed by atoms with Gasteiger partial charge in [-0.2, -0.15) is 0 Å². The monoisotopic (exact) mass is 350 g/mol. The summed E-state index contributed by atoms with van der Waals surface area (Å²) < 4.78 is 0. The molecule has 1 aromatic carbocycles. The molecular weight excluding hydrogens is 328 g/mol. The molecule has 3 rings (SSSR count).